The maximum atomic E-state index is 13.0. The van der Waals surface area contributed by atoms with E-state index in [0.717, 1.165) is 56.2 Å². The highest BCUT2D eigenvalue weighted by molar-refractivity contribution is 9.10. The van der Waals surface area contributed by atoms with Gasteiger partial charge in [-0.2, -0.15) is 0 Å². The van der Waals surface area contributed by atoms with Crippen LogP contribution in [0.3, 0.4) is 0 Å². The molecule has 0 bridgehead atoms. The van der Waals surface area contributed by atoms with Gasteiger partial charge in [0.2, 0.25) is 5.95 Å². The molecule has 2 aliphatic heterocycles. The molecule has 0 aliphatic carbocycles. The van der Waals surface area contributed by atoms with Crippen molar-refractivity contribution >= 4 is 27.8 Å². The van der Waals surface area contributed by atoms with E-state index in [2.05, 4.69) is 50.0 Å². The van der Waals surface area contributed by atoms with Gasteiger partial charge in [0.15, 0.2) is 6.23 Å². The highest BCUT2D eigenvalue weighted by Gasteiger charge is 2.56. The molecule has 2 unspecified atom stereocenters. The van der Waals surface area contributed by atoms with E-state index in [-0.39, 0.29) is 23.5 Å². The number of nitrogens with one attached hydrogen (secondary N) is 1. The summed E-state index contributed by atoms with van der Waals surface area (Å²) in [5.41, 5.74) is 0.0256. The van der Waals surface area contributed by atoms with Crippen LogP contribution in [0.5, 0.6) is 0 Å². The minimum Gasteiger partial charge on any atom is -0.441 e. The third-order valence-corrected chi connectivity index (χ3v) is 6.62. The average Bonchev–Trinajstić information content (AvgIpc) is 2.72. The van der Waals surface area contributed by atoms with Gasteiger partial charge in [0.05, 0.1) is 10.4 Å². The van der Waals surface area contributed by atoms with Gasteiger partial charge < -0.3 is 15.0 Å². The summed E-state index contributed by atoms with van der Waals surface area (Å²) in [6.07, 6.45) is 11.8. The molecular weight excluding hydrogens is 420 g/mol. The zero-order valence-electron chi connectivity index (χ0n) is 17.1. The minimum absolute atomic E-state index is 0.0103. The first-order valence-corrected chi connectivity index (χ1v) is 11.5. The van der Waals surface area contributed by atoms with E-state index in [9.17, 15) is 4.79 Å². The number of halogens is 1. The quantitative estimate of drug-likeness (QED) is 0.444. The lowest BCUT2D eigenvalue weighted by Gasteiger charge is -2.57. The topological polar surface area (TPSA) is 67.3 Å². The number of piperidine rings is 1. The predicted octanol–water partition coefficient (Wildman–Crippen LogP) is 4.29. The summed E-state index contributed by atoms with van der Waals surface area (Å²) in [5.74, 6) is 0.578. The fourth-order valence-corrected chi connectivity index (χ4v) is 4.58. The van der Waals surface area contributed by atoms with Gasteiger partial charge in [-0.15, -0.1) is 0 Å². The molecule has 7 heteroatoms. The molecule has 1 spiro atoms. The first-order chi connectivity index (χ1) is 13.6. The highest BCUT2D eigenvalue weighted by Crippen LogP contribution is 2.47. The normalized spacial score (nSPS) is 22.0. The van der Waals surface area contributed by atoms with Gasteiger partial charge in [-0.25, -0.2) is 9.97 Å². The molecule has 1 aromatic heterocycles. The Kier molecular flexibility index (Phi) is 7.69. The Hall–Kier alpha value is -1.21. The number of nitrogens with zero attached hydrogens (tertiary/aromatic N) is 3. The fourth-order valence-electron chi connectivity index (χ4n) is 4.38. The summed E-state index contributed by atoms with van der Waals surface area (Å²) in [4.78, 5) is 23.9. The summed E-state index contributed by atoms with van der Waals surface area (Å²) in [5, 5.41) is 3.42. The largest absolute Gasteiger partial charge is 0.441 e. The first kappa shape index (κ1) is 21.5. The molecule has 1 aromatic rings. The van der Waals surface area contributed by atoms with Gasteiger partial charge >= 0.3 is 5.97 Å². The number of anilines is 1. The van der Waals surface area contributed by atoms with Crippen LogP contribution in [0.1, 0.15) is 65.2 Å². The van der Waals surface area contributed by atoms with E-state index >= 15 is 0 Å². The van der Waals surface area contributed by atoms with Crippen molar-refractivity contribution in [3.63, 3.8) is 0 Å². The number of rotatable bonds is 9. The molecule has 0 saturated carbocycles. The molecular formula is C21H33BrN4O2. The smallest absolute Gasteiger partial charge is 0.310 e. The van der Waals surface area contributed by atoms with Crippen molar-refractivity contribution in [3.05, 3.63) is 16.9 Å². The van der Waals surface area contributed by atoms with Crippen LogP contribution >= 0.6 is 15.9 Å². The number of esters is 1. The SMILES string of the molecule is CCCCCCC(CC)C(=O)OC1N(c2ncc(Br)cn2)CC12CCNCC2. The van der Waals surface area contributed by atoms with Crippen molar-refractivity contribution in [2.24, 2.45) is 11.3 Å². The number of carbonyl (C=O) groups is 1. The van der Waals surface area contributed by atoms with Crippen molar-refractivity contribution in [1.29, 1.82) is 0 Å². The summed E-state index contributed by atoms with van der Waals surface area (Å²) in [6.45, 7) is 7.08. The molecule has 2 atom stereocenters. The van der Waals surface area contributed by atoms with E-state index in [0.29, 0.717) is 5.95 Å². The predicted molar refractivity (Wildman–Crippen MR) is 114 cm³/mol. The number of aromatic nitrogens is 2. The summed E-state index contributed by atoms with van der Waals surface area (Å²) < 4.78 is 7.00. The molecule has 28 heavy (non-hydrogen) atoms. The van der Waals surface area contributed by atoms with Gasteiger partial charge in [0.1, 0.15) is 0 Å². The molecule has 2 fully saturated rings. The first-order valence-electron chi connectivity index (χ1n) is 10.7. The average molecular weight is 453 g/mol. The molecule has 6 nitrogen and oxygen atoms in total. The highest BCUT2D eigenvalue weighted by atomic mass is 79.9. The maximum absolute atomic E-state index is 13.0. The molecule has 0 aromatic carbocycles. The lowest BCUT2D eigenvalue weighted by molar-refractivity contribution is -0.173. The number of hydrogen-bond acceptors (Lipinski definition) is 6. The summed E-state index contributed by atoms with van der Waals surface area (Å²) in [6, 6.07) is 0. The number of hydrogen-bond donors (Lipinski definition) is 1. The molecule has 156 valence electrons. The molecule has 2 aliphatic rings. The number of carbonyl (C=O) groups excluding carboxylic acids is 1. The third-order valence-electron chi connectivity index (χ3n) is 6.22. The number of unbranched alkanes of at least 4 members (excludes halogenated alkanes) is 3. The zero-order chi connectivity index (χ0) is 20.0. The van der Waals surface area contributed by atoms with Crippen LogP contribution in [0, 0.1) is 11.3 Å². The monoisotopic (exact) mass is 452 g/mol. The van der Waals surface area contributed by atoms with Crippen molar-refractivity contribution in [2.45, 2.75) is 71.4 Å². The third kappa shape index (κ3) is 4.85. The summed E-state index contributed by atoms with van der Waals surface area (Å²) >= 11 is 3.39. The van der Waals surface area contributed by atoms with Crippen LogP contribution in [0.2, 0.25) is 0 Å². The lowest BCUT2D eigenvalue weighted by atomic mass is 9.70. The van der Waals surface area contributed by atoms with Crippen molar-refractivity contribution in [1.82, 2.24) is 15.3 Å². The van der Waals surface area contributed by atoms with Crippen LogP contribution in [-0.4, -0.2) is 41.8 Å². The fraction of sp³-hybridized carbons (Fsp3) is 0.762. The Morgan fingerprint density at radius 1 is 1.29 bits per heavy atom. The van der Waals surface area contributed by atoms with E-state index < -0.39 is 0 Å². The van der Waals surface area contributed by atoms with Crippen molar-refractivity contribution < 1.29 is 9.53 Å². The Bertz CT molecular complexity index is 634. The molecule has 3 rings (SSSR count). The van der Waals surface area contributed by atoms with Crippen LogP contribution < -0.4 is 10.2 Å². The standard InChI is InChI=1S/C21H33BrN4O2/c1-3-5-6-7-8-16(4-2)18(27)28-19-21(9-11-23-12-10-21)15-26(19)20-24-13-17(22)14-25-20/h13-14,16,19,23H,3-12,15H2,1-2H3. The van der Waals surface area contributed by atoms with Crippen molar-refractivity contribution in [2.75, 3.05) is 24.5 Å². The second-order valence-electron chi connectivity index (χ2n) is 8.19. The van der Waals surface area contributed by atoms with E-state index in [1.54, 1.807) is 12.4 Å². The van der Waals surface area contributed by atoms with Gasteiger partial charge in [0.25, 0.3) is 0 Å². The second kappa shape index (κ2) is 10.0. The van der Waals surface area contributed by atoms with Crippen LogP contribution in [0.25, 0.3) is 0 Å². The summed E-state index contributed by atoms with van der Waals surface area (Å²) in [7, 11) is 0. The van der Waals surface area contributed by atoms with Gasteiger partial charge in [-0.1, -0.05) is 39.5 Å². The van der Waals surface area contributed by atoms with E-state index in [4.69, 9.17) is 4.74 Å². The molecule has 3 heterocycles. The van der Waals surface area contributed by atoms with Gasteiger partial charge in [0, 0.05) is 24.4 Å². The zero-order valence-corrected chi connectivity index (χ0v) is 18.7. The van der Waals surface area contributed by atoms with E-state index in [1.165, 1.54) is 19.3 Å². The number of ether oxygens (including phenoxy) is 1. The Labute approximate surface area is 177 Å². The van der Waals surface area contributed by atoms with Gasteiger partial charge in [-0.05, 0) is 54.7 Å². The van der Waals surface area contributed by atoms with Crippen LogP contribution in [0.15, 0.2) is 16.9 Å². The van der Waals surface area contributed by atoms with Crippen LogP contribution in [0.4, 0.5) is 5.95 Å². The Morgan fingerprint density at radius 3 is 2.64 bits per heavy atom. The lowest BCUT2D eigenvalue weighted by Crippen LogP contribution is -2.69. The van der Waals surface area contributed by atoms with E-state index in [1.807, 2.05) is 0 Å². The molecule has 2 saturated heterocycles. The maximum Gasteiger partial charge on any atom is 0.310 e. The van der Waals surface area contributed by atoms with Crippen LogP contribution in [-0.2, 0) is 9.53 Å². The second-order valence-corrected chi connectivity index (χ2v) is 9.10. The Balaban J connectivity index is 1.68. The molecule has 0 amide bonds. The molecule has 0 radical (unpaired) electrons. The van der Waals surface area contributed by atoms with Gasteiger partial charge in [-0.3, -0.25) is 4.79 Å². The molecule has 1 N–H and O–H groups in total. The van der Waals surface area contributed by atoms with Crippen molar-refractivity contribution in [3.8, 4) is 0 Å². The Morgan fingerprint density at radius 2 is 2.00 bits per heavy atom. The minimum atomic E-state index is -0.257.